The van der Waals surface area contributed by atoms with Gasteiger partial charge in [-0.25, -0.2) is 9.79 Å². The summed E-state index contributed by atoms with van der Waals surface area (Å²) < 4.78 is 21.3. The lowest BCUT2D eigenvalue weighted by Gasteiger charge is -2.09. The number of hydrogen-bond acceptors (Lipinski definition) is 6. The molecule has 0 aromatic heterocycles. The van der Waals surface area contributed by atoms with Gasteiger partial charge in [-0.1, -0.05) is 30.3 Å². The SMILES string of the molecule is COc1ccc(C2=N[C@H](C(=O)OCc3ccccc3)CO2)cc1OC. The van der Waals surface area contributed by atoms with Crippen molar-refractivity contribution in [1.29, 1.82) is 0 Å². The van der Waals surface area contributed by atoms with Crippen LogP contribution >= 0.6 is 0 Å². The zero-order valence-electron chi connectivity index (χ0n) is 14.1. The fourth-order valence-electron chi connectivity index (χ4n) is 2.45. The molecule has 130 valence electrons. The van der Waals surface area contributed by atoms with Crippen LogP contribution in [0.3, 0.4) is 0 Å². The van der Waals surface area contributed by atoms with Crippen molar-refractivity contribution in [3.8, 4) is 11.5 Å². The molecule has 0 unspecified atom stereocenters. The van der Waals surface area contributed by atoms with E-state index < -0.39 is 12.0 Å². The maximum absolute atomic E-state index is 12.2. The minimum absolute atomic E-state index is 0.164. The number of ether oxygens (including phenoxy) is 4. The lowest BCUT2D eigenvalue weighted by atomic mass is 10.2. The molecular weight excluding hydrogens is 322 g/mol. The molecule has 6 nitrogen and oxygen atoms in total. The minimum atomic E-state index is -0.660. The van der Waals surface area contributed by atoms with Gasteiger partial charge in [0.15, 0.2) is 17.5 Å². The van der Waals surface area contributed by atoms with E-state index in [0.717, 1.165) is 11.1 Å². The van der Waals surface area contributed by atoms with Crippen molar-refractivity contribution < 1.29 is 23.7 Å². The van der Waals surface area contributed by atoms with Gasteiger partial charge in [0.1, 0.15) is 13.2 Å². The Morgan fingerprint density at radius 3 is 2.60 bits per heavy atom. The number of rotatable bonds is 6. The normalized spacial score (nSPS) is 15.9. The molecule has 25 heavy (non-hydrogen) atoms. The largest absolute Gasteiger partial charge is 0.493 e. The summed E-state index contributed by atoms with van der Waals surface area (Å²) in [7, 11) is 3.13. The summed E-state index contributed by atoms with van der Waals surface area (Å²) in [6.45, 7) is 0.384. The van der Waals surface area contributed by atoms with Crippen LogP contribution in [0.15, 0.2) is 53.5 Å². The fraction of sp³-hybridized carbons (Fsp3) is 0.263. The molecule has 1 atom stereocenters. The fourth-order valence-corrected chi connectivity index (χ4v) is 2.45. The number of hydrogen-bond donors (Lipinski definition) is 0. The zero-order valence-corrected chi connectivity index (χ0v) is 14.1. The number of nitrogens with zero attached hydrogens (tertiary/aromatic N) is 1. The van der Waals surface area contributed by atoms with Crippen molar-refractivity contribution >= 4 is 11.9 Å². The van der Waals surface area contributed by atoms with Crippen LogP contribution in [0.5, 0.6) is 11.5 Å². The number of carbonyl (C=O) groups excluding carboxylic acids is 1. The Morgan fingerprint density at radius 2 is 1.88 bits per heavy atom. The molecule has 1 heterocycles. The first-order chi connectivity index (χ1) is 12.2. The monoisotopic (exact) mass is 341 g/mol. The Hall–Kier alpha value is -3.02. The van der Waals surface area contributed by atoms with Gasteiger partial charge in [0.2, 0.25) is 5.90 Å². The molecule has 0 saturated carbocycles. The van der Waals surface area contributed by atoms with E-state index in [0.29, 0.717) is 17.4 Å². The van der Waals surface area contributed by atoms with Crippen LogP contribution in [0.1, 0.15) is 11.1 Å². The van der Waals surface area contributed by atoms with E-state index >= 15 is 0 Å². The highest BCUT2D eigenvalue weighted by Crippen LogP contribution is 2.28. The van der Waals surface area contributed by atoms with E-state index in [4.69, 9.17) is 18.9 Å². The molecule has 0 N–H and O–H groups in total. The van der Waals surface area contributed by atoms with Crippen molar-refractivity contribution in [2.45, 2.75) is 12.6 Å². The van der Waals surface area contributed by atoms with E-state index in [2.05, 4.69) is 4.99 Å². The Bertz CT molecular complexity index is 773. The molecule has 3 rings (SSSR count). The summed E-state index contributed by atoms with van der Waals surface area (Å²) in [6, 6.07) is 14.2. The summed E-state index contributed by atoms with van der Waals surface area (Å²) in [4.78, 5) is 16.5. The van der Waals surface area contributed by atoms with Crippen molar-refractivity contribution in [3.63, 3.8) is 0 Å². The Morgan fingerprint density at radius 1 is 1.12 bits per heavy atom. The van der Waals surface area contributed by atoms with Crippen molar-refractivity contribution in [3.05, 3.63) is 59.7 Å². The van der Waals surface area contributed by atoms with E-state index in [1.807, 2.05) is 30.3 Å². The number of benzene rings is 2. The average Bonchev–Trinajstić information content (AvgIpc) is 3.16. The van der Waals surface area contributed by atoms with Crippen LogP contribution < -0.4 is 9.47 Å². The summed E-state index contributed by atoms with van der Waals surface area (Å²) in [5, 5.41) is 0. The van der Waals surface area contributed by atoms with E-state index in [1.54, 1.807) is 32.4 Å². The minimum Gasteiger partial charge on any atom is -0.493 e. The van der Waals surface area contributed by atoms with Gasteiger partial charge in [-0.2, -0.15) is 0 Å². The van der Waals surface area contributed by atoms with E-state index in [-0.39, 0.29) is 13.2 Å². The first kappa shape index (κ1) is 16.8. The van der Waals surface area contributed by atoms with Gasteiger partial charge in [-0.15, -0.1) is 0 Å². The van der Waals surface area contributed by atoms with Crippen molar-refractivity contribution in [2.24, 2.45) is 4.99 Å². The molecule has 0 spiro atoms. The quantitative estimate of drug-likeness (QED) is 0.756. The number of esters is 1. The van der Waals surface area contributed by atoms with E-state index in [9.17, 15) is 4.79 Å². The second kappa shape index (κ2) is 7.70. The third-order valence-corrected chi connectivity index (χ3v) is 3.78. The highest BCUT2D eigenvalue weighted by atomic mass is 16.5. The van der Waals surface area contributed by atoms with Crippen molar-refractivity contribution in [1.82, 2.24) is 0 Å². The van der Waals surface area contributed by atoms with Gasteiger partial charge in [-0.05, 0) is 23.8 Å². The topological polar surface area (TPSA) is 66.4 Å². The molecule has 0 amide bonds. The lowest BCUT2D eigenvalue weighted by molar-refractivity contribution is -0.146. The predicted octanol–water partition coefficient (Wildman–Crippen LogP) is 2.59. The standard InChI is InChI=1S/C19H19NO5/c1-22-16-9-8-14(10-17(16)23-2)18-20-15(12-24-18)19(21)25-11-13-6-4-3-5-7-13/h3-10,15H,11-12H2,1-2H3/t15-/m0/s1. The zero-order chi connectivity index (χ0) is 17.6. The van der Waals surface area contributed by atoms with Crippen LogP contribution in [0.4, 0.5) is 0 Å². The Labute approximate surface area is 146 Å². The van der Waals surface area contributed by atoms with E-state index in [1.165, 1.54) is 0 Å². The highest BCUT2D eigenvalue weighted by Gasteiger charge is 2.28. The summed E-state index contributed by atoms with van der Waals surface area (Å²) in [6.07, 6.45) is 0. The predicted molar refractivity (Wildman–Crippen MR) is 92.1 cm³/mol. The molecule has 0 fully saturated rings. The van der Waals surface area contributed by atoms with Crippen LogP contribution in [-0.2, 0) is 20.9 Å². The van der Waals surface area contributed by atoms with Crippen molar-refractivity contribution in [2.75, 3.05) is 20.8 Å². The van der Waals surface area contributed by atoms with Gasteiger partial charge in [-0.3, -0.25) is 0 Å². The average molecular weight is 341 g/mol. The van der Waals surface area contributed by atoms with Crippen LogP contribution in [-0.4, -0.2) is 38.7 Å². The summed E-state index contributed by atoms with van der Waals surface area (Å²) >= 11 is 0. The van der Waals surface area contributed by atoms with Crippen LogP contribution in [0.2, 0.25) is 0 Å². The van der Waals surface area contributed by atoms with Gasteiger partial charge >= 0.3 is 5.97 Å². The van der Waals surface area contributed by atoms with Gasteiger partial charge in [0.25, 0.3) is 0 Å². The molecule has 0 aliphatic carbocycles. The third-order valence-electron chi connectivity index (χ3n) is 3.78. The lowest BCUT2D eigenvalue weighted by Crippen LogP contribution is -2.22. The number of carbonyl (C=O) groups is 1. The Balaban J connectivity index is 1.66. The van der Waals surface area contributed by atoms with Gasteiger partial charge in [0, 0.05) is 5.56 Å². The molecular formula is C19H19NO5. The third kappa shape index (κ3) is 3.91. The first-order valence-electron chi connectivity index (χ1n) is 7.85. The first-order valence-corrected chi connectivity index (χ1v) is 7.85. The molecule has 1 aliphatic heterocycles. The van der Waals surface area contributed by atoms with Gasteiger partial charge in [0.05, 0.1) is 14.2 Å². The second-order valence-corrected chi connectivity index (χ2v) is 5.42. The molecule has 0 radical (unpaired) electrons. The molecule has 0 bridgehead atoms. The van der Waals surface area contributed by atoms with Gasteiger partial charge < -0.3 is 18.9 Å². The maximum atomic E-state index is 12.2. The highest BCUT2D eigenvalue weighted by molar-refractivity contribution is 5.98. The molecule has 6 heteroatoms. The summed E-state index contributed by atoms with van der Waals surface area (Å²) in [5.41, 5.74) is 1.65. The molecule has 0 saturated heterocycles. The molecule has 1 aliphatic rings. The number of aliphatic imine (C=N–C) groups is 1. The smallest absolute Gasteiger partial charge is 0.334 e. The van der Waals surface area contributed by atoms with Crippen LogP contribution in [0.25, 0.3) is 0 Å². The molecule has 2 aromatic rings. The maximum Gasteiger partial charge on any atom is 0.334 e. The van der Waals surface area contributed by atoms with Crippen LogP contribution in [0, 0.1) is 0 Å². The molecule has 2 aromatic carbocycles. The number of methoxy groups -OCH3 is 2. The second-order valence-electron chi connectivity index (χ2n) is 5.42. The summed E-state index contributed by atoms with van der Waals surface area (Å²) in [5.74, 6) is 1.17. The Kier molecular flexibility index (Phi) is 5.18.